The first kappa shape index (κ1) is 21.2. The van der Waals surface area contributed by atoms with E-state index in [1.165, 1.54) is 0 Å². The van der Waals surface area contributed by atoms with Crippen LogP contribution in [0.5, 0.6) is 23.0 Å². The number of rotatable bonds is 5. The summed E-state index contributed by atoms with van der Waals surface area (Å²) < 4.78 is 22.0. The maximum absolute atomic E-state index is 13.0. The van der Waals surface area contributed by atoms with Crippen molar-refractivity contribution in [1.82, 2.24) is 0 Å². The number of ether oxygens (including phenoxy) is 4. The third-order valence-corrected chi connectivity index (χ3v) is 5.14. The summed E-state index contributed by atoms with van der Waals surface area (Å²) in [6.07, 6.45) is 1.62. The molecule has 0 bridgehead atoms. The second-order valence-corrected chi connectivity index (χ2v) is 7.42. The van der Waals surface area contributed by atoms with E-state index in [1.807, 2.05) is 13.0 Å². The zero-order valence-electron chi connectivity index (χ0n) is 18.2. The highest BCUT2D eigenvalue weighted by Crippen LogP contribution is 2.38. The van der Waals surface area contributed by atoms with Gasteiger partial charge in [0.1, 0.15) is 23.0 Å². The maximum Gasteiger partial charge on any atom is 0.343 e. The van der Waals surface area contributed by atoms with Crippen LogP contribution in [0.1, 0.15) is 37.4 Å². The van der Waals surface area contributed by atoms with Gasteiger partial charge in [-0.15, -0.1) is 0 Å². The summed E-state index contributed by atoms with van der Waals surface area (Å²) in [5, 5.41) is 0. The topological polar surface area (TPSA) is 71.1 Å². The Labute approximate surface area is 186 Å². The van der Waals surface area contributed by atoms with Gasteiger partial charge in [-0.25, -0.2) is 4.79 Å². The second kappa shape index (κ2) is 8.59. The summed E-state index contributed by atoms with van der Waals surface area (Å²) in [6.45, 7) is 3.68. The minimum absolute atomic E-state index is 0.161. The number of hydrogen-bond donors (Lipinski definition) is 0. The summed E-state index contributed by atoms with van der Waals surface area (Å²) in [5.74, 6) is 1.29. The molecule has 1 heterocycles. The van der Waals surface area contributed by atoms with Crippen LogP contribution in [0.4, 0.5) is 0 Å². The molecule has 0 unspecified atom stereocenters. The van der Waals surface area contributed by atoms with E-state index in [9.17, 15) is 9.59 Å². The van der Waals surface area contributed by atoms with Crippen LogP contribution in [0.2, 0.25) is 0 Å². The van der Waals surface area contributed by atoms with Crippen molar-refractivity contribution < 1.29 is 28.5 Å². The molecule has 0 fully saturated rings. The number of benzene rings is 3. The number of carbonyl (C=O) groups excluding carboxylic acids is 2. The first-order valence-corrected chi connectivity index (χ1v) is 9.99. The number of fused-ring (bicyclic) bond motifs is 1. The number of esters is 1. The SMILES string of the molecule is COc1ccc(/C=C2\Oc3cc(OC(=O)c4cccc(C)c4)cc(C)c3C2=O)c(OC)c1. The Morgan fingerprint density at radius 1 is 0.938 bits per heavy atom. The van der Waals surface area contributed by atoms with Crippen LogP contribution in [0.25, 0.3) is 6.08 Å². The molecule has 0 saturated carbocycles. The first-order chi connectivity index (χ1) is 15.4. The van der Waals surface area contributed by atoms with Crippen molar-refractivity contribution in [2.24, 2.45) is 0 Å². The summed E-state index contributed by atoms with van der Waals surface area (Å²) in [4.78, 5) is 25.5. The minimum atomic E-state index is -0.476. The highest BCUT2D eigenvalue weighted by Gasteiger charge is 2.30. The first-order valence-electron chi connectivity index (χ1n) is 9.99. The van der Waals surface area contributed by atoms with Crippen LogP contribution in [-0.2, 0) is 0 Å². The Kier molecular flexibility index (Phi) is 5.69. The molecule has 162 valence electrons. The molecule has 0 saturated heterocycles. The van der Waals surface area contributed by atoms with E-state index in [0.717, 1.165) is 5.56 Å². The average molecular weight is 430 g/mol. The monoisotopic (exact) mass is 430 g/mol. The normalized spacial score (nSPS) is 13.5. The maximum atomic E-state index is 13.0. The predicted molar refractivity (Wildman–Crippen MR) is 120 cm³/mol. The van der Waals surface area contributed by atoms with Crippen LogP contribution < -0.4 is 18.9 Å². The Balaban J connectivity index is 1.62. The fraction of sp³-hybridized carbons (Fsp3) is 0.154. The van der Waals surface area contributed by atoms with Gasteiger partial charge < -0.3 is 18.9 Å². The molecular weight excluding hydrogens is 408 g/mol. The van der Waals surface area contributed by atoms with Crippen LogP contribution in [0, 0.1) is 13.8 Å². The number of allylic oxidation sites excluding steroid dienone is 1. The van der Waals surface area contributed by atoms with Gasteiger partial charge in [0.2, 0.25) is 5.78 Å². The van der Waals surface area contributed by atoms with E-state index in [1.54, 1.807) is 75.8 Å². The van der Waals surface area contributed by atoms with Gasteiger partial charge in [-0.05, 0) is 55.8 Å². The van der Waals surface area contributed by atoms with Crippen LogP contribution >= 0.6 is 0 Å². The molecule has 0 N–H and O–H groups in total. The number of Topliss-reactive ketones (excluding diaryl/α,β-unsaturated/α-hetero) is 1. The molecule has 0 aliphatic carbocycles. The van der Waals surface area contributed by atoms with Gasteiger partial charge in [-0.2, -0.15) is 0 Å². The average Bonchev–Trinajstić information content (AvgIpc) is 3.09. The van der Waals surface area contributed by atoms with Gasteiger partial charge >= 0.3 is 5.97 Å². The summed E-state index contributed by atoms with van der Waals surface area (Å²) in [6, 6.07) is 15.7. The smallest absolute Gasteiger partial charge is 0.343 e. The largest absolute Gasteiger partial charge is 0.497 e. The lowest BCUT2D eigenvalue weighted by molar-refractivity contribution is 0.0734. The van der Waals surface area contributed by atoms with Crippen LogP contribution in [0.15, 0.2) is 60.4 Å². The van der Waals surface area contributed by atoms with Crippen molar-refractivity contribution in [3.05, 3.63) is 88.2 Å². The summed E-state index contributed by atoms with van der Waals surface area (Å²) >= 11 is 0. The summed E-state index contributed by atoms with van der Waals surface area (Å²) in [5.41, 5.74) is 3.19. The zero-order valence-corrected chi connectivity index (χ0v) is 18.2. The highest BCUT2D eigenvalue weighted by atomic mass is 16.5. The molecule has 3 aromatic carbocycles. The number of ketones is 1. The van der Waals surface area contributed by atoms with E-state index in [4.69, 9.17) is 18.9 Å². The molecule has 1 aliphatic heterocycles. The third-order valence-electron chi connectivity index (χ3n) is 5.14. The molecule has 4 rings (SSSR count). The van der Waals surface area contributed by atoms with E-state index in [-0.39, 0.29) is 11.5 Å². The predicted octanol–water partition coefficient (Wildman–Crippen LogP) is 5.16. The number of carbonyl (C=O) groups is 2. The van der Waals surface area contributed by atoms with E-state index < -0.39 is 5.97 Å². The second-order valence-electron chi connectivity index (χ2n) is 7.42. The molecular formula is C26H22O6. The van der Waals surface area contributed by atoms with E-state index in [0.29, 0.717) is 45.3 Å². The lowest BCUT2D eigenvalue weighted by Gasteiger charge is -2.08. The van der Waals surface area contributed by atoms with Crippen molar-refractivity contribution in [3.63, 3.8) is 0 Å². The fourth-order valence-corrected chi connectivity index (χ4v) is 3.55. The Hall–Kier alpha value is -4.06. The van der Waals surface area contributed by atoms with Gasteiger partial charge in [0, 0.05) is 17.7 Å². The van der Waals surface area contributed by atoms with E-state index in [2.05, 4.69) is 0 Å². The van der Waals surface area contributed by atoms with Crippen molar-refractivity contribution in [2.45, 2.75) is 13.8 Å². The molecule has 3 aromatic rings. The zero-order chi connectivity index (χ0) is 22.8. The highest BCUT2D eigenvalue weighted by molar-refractivity contribution is 6.15. The van der Waals surface area contributed by atoms with Gasteiger partial charge in [-0.1, -0.05) is 17.7 Å². The quantitative estimate of drug-likeness (QED) is 0.316. The Morgan fingerprint density at radius 2 is 1.75 bits per heavy atom. The molecule has 0 radical (unpaired) electrons. The molecule has 0 amide bonds. The van der Waals surface area contributed by atoms with Crippen molar-refractivity contribution in [3.8, 4) is 23.0 Å². The summed E-state index contributed by atoms with van der Waals surface area (Å²) in [7, 11) is 3.11. The third kappa shape index (κ3) is 4.07. The van der Waals surface area contributed by atoms with Crippen LogP contribution in [0.3, 0.4) is 0 Å². The lowest BCUT2D eigenvalue weighted by atomic mass is 10.0. The van der Waals surface area contributed by atoms with Gasteiger partial charge in [-0.3, -0.25) is 4.79 Å². The fourth-order valence-electron chi connectivity index (χ4n) is 3.55. The molecule has 6 nitrogen and oxygen atoms in total. The molecule has 0 atom stereocenters. The van der Waals surface area contributed by atoms with Crippen molar-refractivity contribution >= 4 is 17.8 Å². The molecule has 0 spiro atoms. The Bertz CT molecular complexity index is 1260. The van der Waals surface area contributed by atoms with Crippen molar-refractivity contribution in [1.29, 1.82) is 0 Å². The number of hydrogen-bond acceptors (Lipinski definition) is 6. The lowest BCUT2D eigenvalue weighted by Crippen LogP contribution is -2.09. The van der Waals surface area contributed by atoms with Crippen LogP contribution in [-0.4, -0.2) is 26.0 Å². The molecule has 32 heavy (non-hydrogen) atoms. The Morgan fingerprint density at radius 3 is 2.47 bits per heavy atom. The molecule has 1 aliphatic rings. The molecule has 0 aromatic heterocycles. The van der Waals surface area contributed by atoms with Gasteiger partial charge in [0.05, 0.1) is 25.3 Å². The van der Waals surface area contributed by atoms with Crippen molar-refractivity contribution in [2.75, 3.05) is 14.2 Å². The number of aryl methyl sites for hydroxylation is 2. The molecule has 6 heteroatoms. The van der Waals surface area contributed by atoms with E-state index >= 15 is 0 Å². The van der Waals surface area contributed by atoms with Gasteiger partial charge in [0.25, 0.3) is 0 Å². The minimum Gasteiger partial charge on any atom is -0.497 e. The standard InChI is InChI=1S/C26H22O6/c1-15-6-5-7-18(10-15)26(28)31-20-11-16(2)24-22(14-20)32-23(25(24)27)12-17-8-9-19(29-3)13-21(17)30-4/h5-14H,1-4H3/b23-12-. The van der Waals surface area contributed by atoms with Gasteiger partial charge in [0.15, 0.2) is 5.76 Å². The number of methoxy groups -OCH3 is 2.